The van der Waals surface area contributed by atoms with Gasteiger partial charge in [-0.3, -0.25) is 0 Å². The molecule has 3 unspecified atom stereocenters. The predicted molar refractivity (Wildman–Crippen MR) is 134 cm³/mol. The largest absolute Gasteiger partial charge is 0.393 e. The third kappa shape index (κ3) is 7.01. The normalized spacial score (nSPS) is 32.2. The Hall–Kier alpha value is -1.00. The molecule has 188 valence electrons. The van der Waals surface area contributed by atoms with E-state index in [4.69, 9.17) is 0 Å². The van der Waals surface area contributed by atoms with Gasteiger partial charge in [-0.1, -0.05) is 36.3 Å². The second-order valence-corrected chi connectivity index (χ2v) is 11.5. The number of nitrogens with zero attached hydrogens (tertiary/aromatic N) is 1. The van der Waals surface area contributed by atoms with Gasteiger partial charge in [-0.2, -0.15) is 0 Å². The van der Waals surface area contributed by atoms with Crippen molar-refractivity contribution in [1.82, 2.24) is 4.90 Å². The number of piperidine rings is 1. The van der Waals surface area contributed by atoms with E-state index in [0.717, 1.165) is 51.7 Å². The molecule has 0 amide bonds. The number of aliphatic hydroxyl groups excluding tert-OH is 1. The number of likely N-dealkylation sites (tertiary alicyclic amines) is 1. The minimum absolute atomic E-state index is 0.305. The second-order valence-electron chi connectivity index (χ2n) is 11.5. The van der Waals surface area contributed by atoms with Crippen LogP contribution in [-0.2, 0) is 0 Å². The molecule has 2 nitrogen and oxygen atoms in total. The van der Waals surface area contributed by atoms with Crippen LogP contribution in [0.4, 0.5) is 8.78 Å². The molecule has 0 radical (unpaired) electrons. The third-order valence-corrected chi connectivity index (χ3v) is 9.02. The Morgan fingerprint density at radius 3 is 2.64 bits per heavy atom. The zero-order valence-corrected chi connectivity index (χ0v) is 21.3. The van der Waals surface area contributed by atoms with E-state index in [1.807, 2.05) is 13.0 Å². The Balaban J connectivity index is 1.59. The van der Waals surface area contributed by atoms with Gasteiger partial charge in [0.15, 0.2) is 0 Å². The molecule has 2 aliphatic carbocycles. The van der Waals surface area contributed by atoms with Crippen LogP contribution in [0.5, 0.6) is 0 Å². The Bertz CT molecular complexity index is 699. The lowest BCUT2D eigenvalue weighted by atomic mass is 9.63. The first kappa shape index (κ1) is 26.6. The van der Waals surface area contributed by atoms with E-state index >= 15 is 0 Å². The number of hydrogen-bond acceptors (Lipinski definition) is 2. The number of aliphatic hydroxyl groups is 1. The fourth-order valence-corrected chi connectivity index (χ4v) is 6.97. The Morgan fingerprint density at radius 2 is 2.00 bits per heavy atom. The minimum Gasteiger partial charge on any atom is -0.393 e. The lowest BCUT2D eigenvalue weighted by molar-refractivity contribution is -0.0625. The average molecular weight is 464 g/mol. The summed E-state index contributed by atoms with van der Waals surface area (Å²) in [5.74, 6) is -1.56. The summed E-state index contributed by atoms with van der Waals surface area (Å²) in [6, 6.07) is 0. The summed E-state index contributed by atoms with van der Waals surface area (Å²) in [7, 11) is 0. The molecule has 1 N–H and O–H groups in total. The van der Waals surface area contributed by atoms with Gasteiger partial charge in [0.2, 0.25) is 5.92 Å². The van der Waals surface area contributed by atoms with Gasteiger partial charge in [0.25, 0.3) is 0 Å². The fourth-order valence-electron chi connectivity index (χ4n) is 6.97. The maximum Gasteiger partial charge on any atom is 0.248 e. The second kappa shape index (κ2) is 11.6. The van der Waals surface area contributed by atoms with Crippen molar-refractivity contribution >= 4 is 0 Å². The number of halogens is 2. The van der Waals surface area contributed by atoms with Crippen LogP contribution in [0.2, 0.25) is 0 Å². The van der Waals surface area contributed by atoms with Crippen LogP contribution in [0.3, 0.4) is 0 Å². The molecule has 0 bridgehead atoms. The summed E-state index contributed by atoms with van der Waals surface area (Å²) in [5, 5.41) is 9.88. The molecule has 1 aliphatic heterocycles. The highest BCUT2D eigenvalue weighted by molar-refractivity contribution is 5.25. The SMILES string of the molecule is C=CCC/C(=C/C=C1\CCCC2(C)C1CC[C@@H]2CCN1CCC(C(C)(F)F)CC1)CC(C)O. The quantitative estimate of drug-likeness (QED) is 0.338. The molecule has 1 heterocycles. The zero-order chi connectivity index (χ0) is 24.1. The van der Waals surface area contributed by atoms with Crippen LogP contribution < -0.4 is 0 Å². The number of allylic oxidation sites excluding steroid dienone is 4. The first-order chi connectivity index (χ1) is 15.6. The molecule has 0 aromatic heterocycles. The van der Waals surface area contributed by atoms with E-state index in [-0.39, 0.29) is 6.10 Å². The van der Waals surface area contributed by atoms with E-state index < -0.39 is 11.8 Å². The molecular formula is C29H47F2NO. The van der Waals surface area contributed by atoms with Gasteiger partial charge < -0.3 is 10.0 Å². The van der Waals surface area contributed by atoms with Crippen molar-refractivity contribution in [2.24, 2.45) is 23.2 Å². The van der Waals surface area contributed by atoms with Crippen molar-refractivity contribution in [1.29, 1.82) is 0 Å². The maximum atomic E-state index is 13.6. The van der Waals surface area contributed by atoms with Crippen molar-refractivity contribution in [3.8, 4) is 0 Å². The number of rotatable bonds is 10. The summed E-state index contributed by atoms with van der Waals surface area (Å²) < 4.78 is 27.3. The van der Waals surface area contributed by atoms with Gasteiger partial charge >= 0.3 is 0 Å². The van der Waals surface area contributed by atoms with Crippen molar-refractivity contribution in [2.45, 2.75) is 103 Å². The van der Waals surface area contributed by atoms with Gasteiger partial charge in [-0.25, -0.2) is 8.78 Å². The molecule has 3 rings (SSSR count). The first-order valence-corrected chi connectivity index (χ1v) is 13.4. The van der Waals surface area contributed by atoms with Crippen LogP contribution in [0, 0.1) is 23.2 Å². The topological polar surface area (TPSA) is 23.5 Å². The summed E-state index contributed by atoms with van der Waals surface area (Å²) in [5.41, 5.74) is 3.30. The van der Waals surface area contributed by atoms with Crippen LogP contribution in [-0.4, -0.2) is 41.7 Å². The van der Waals surface area contributed by atoms with E-state index in [1.54, 1.807) is 5.57 Å². The first-order valence-electron chi connectivity index (χ1n) is 13.4. The standard InChI is InChI=1S/C29H47F2NO/c1-5-6-8-23(21-22(2)33)10-11-24-9-7-17-28(3)25(12-13-27(24)28)14-18-32-19-15-26(16-20-32)29(4,30)31/h5,10-11,22,25-27,33H,1,6-9,12-21H2,2-4H3/b23-10-,24-11+/t22?,25-,27?,28?/m1/s1. The molecule has 0 aromatic rings. The van der Waals surface area contributed by atoms with Crippen LogP contribution in [0.25, 0.3) is 0 Å². The molecule has 1 saturated heterocycles. The molecular weight excluding hydrogens is 416 g/mol. The maximum absolute atomic E-state index is 13.6. The van der Waals surface area contributed by atoms with Crippen LogP contribution in [0.1, 0.15) is 91.4 Å². The van der Waals surface area contributed by atoms with Gasteiger partial charge in [0.1, 0.15) is 0 Å². The zero-order valence-electron chi connectivity index (χ0n) is 21.3. The molecule has 3 aliphatic rings. The highest BCUT2D eigenvalue weighted by Gasteiger charge is 2.48. The average Bonchev–Trinajstić information content (AvgIpc) is 3.10. The molecule has 33 heavy (non-hydrogen) atoms. The van der Waals surface area contributed by atoms with E-state index in [9.17, 15) is 13.9 Å². The minimum atomic E-state index is -2.53. The van der Waals surface area contributed by atoms with E-state index in [1.165, 1.54) is 44.1 Å². The van der Waals surface area contributed by atoms with Crippen molar-refractivity contribution in [2.75, 3.05) is 19.6 Å². The molecule has 3 fully saturated rings. The number of hydrogen-bond donors (Lipinski definition) is 1. The summed E-state index contributed by atoms with van der Waals surface area (Å²) >= 11 is 0. The molecule has 4 atom stereocenters. The Morgan fingerprint density at radius 1 is 1.27 bits per heavy atom. The highest BCUT2D eigenvalue weighted by Crippen LogP contribution is 2.58. The Kier molecular flexibility index (Phi) is 9.37. The van der Waals surface area contributed by atoms with Gasteiger partial charge in [-0.05, 0) is 121 Å². The van der Waals surface area contributed by atoms with E-state index in [0.29, 0.717) is 24.2 Å². The van der Waals surface area contributed by atoms with Crippen molar-refractivity contribution < 1.29 is 13.9 Å². The number of alkyl halides is 2. The third-order valence-electron chi connectivity index (χ3n) is 9.02. The molecule has 2 saturated carbocycles. The van der Waals surface area contributed by atoms with E-state index in [2.05, 4.69) is 30.6 Å². The van der Waals surface area contributed by atoms with Gasteiger partial charge in [0, 0.05) is 5.92 Å². The van der Waals surface area contributed by atoms with Gasteiger partial charge in [-0.15, -0.1) is 6.58 Å². The number of fused-ring (bicyclic) bond motifs is 1. The molecule has 4 heteroatoms. The van der Waals surface area contributed by atoms with Crippen molar-refractivity contribution in [3.05, 3.63) is 36.0 Å². The summed E-state index contributed by atoms with van der Waals surface area (Å²) in [6.07, 6.45) is 17.8. The monoisotopic (exact) mass is 463 g/mol. The highest BCUT2D eigenvalue weighted by atomic mass is 19.3. The fraction of sp³-hybridized carbons (Fsp3) is 0.793. The molecule has 0 spiro atoms. The predicted octanol–water partition coefficient (Wildman–Crippen LogP) is 7.55. The lowest BCUT2D eigenvalue weighted by Crippen LogP contribution is -2.41. The van der Waals surface area contributed by atoms with Crippen LogP contribution in [0.15, 0.2) is 36.0 Å². The molecule has 0 aromatic carbocycles. The summed E-state index contributed by atoms with van der Waals surface area (Å²) in [6.45, 7) is 12.0. The van der Waals surface area contributed by atoms with Gasteiger partial charge in [0.05, 0.1) is 6.10 Å². The smallest absolute Gasteiger partial charge is 0.248 e. The lowest BCUT2D eigenvalue weighted by Gasteiger charge is -2.43. The van der Waals surface area contributed by atoms with Crippen LogP contribution >= 0.6 is 0 Å². The Labute approximate surface area is 201 Å². The van der Waals surface area contributed by atoms with Crippen molar-refractivity contribution in [3.63, 3.8) is 0 Å². The summed E-state index contributed by atoms with van der Waals surface area (Å²) in [4.78, 5) is 2.43.